The molecule has 0 heterocycles. The normalized spacial score (nSPS) is 9.30. The SMILES string of the molecule is CC(=[Se])Sc1ccccc1. The Hall–Kier alpha value is -0.0405. The molecule has 52 valence electrons. The van der Waals surface area contributed by atoms with Crippen LogP contribution in [0.2, 0.25) is 0 Å². The first kappa shape index (κ1) is 8.06. The summed E-state index contributed by atoms with van der Waals surface area (Å²) in [5.74, 6) is 0. The first-order chi connectivity index (χ1) is 4.79. The Morgan fingerprint density at radius 2 is 1.90 bits per heavy atom. The second-order valence-corrected chi connectivity index (χ2v) is 5.06. The summed E-state index contributed by atoms with van der Waals surface area (Å²) < 4.78 is 1.26. The Labute approximate surface area is 73.4 Å². The fourth-order valence-corrected chi connectivity index (χ4v) is 1.89. The first-order valence-electron chi connectivity index (χ1n) is 3.02. The molecule has 0 bridgehead atoms. The molecule has 2 heteroatoms. The summed E-state index contributed by atoms with van der Waals surface area (Å²) in [6, 6.07) is 10.3. The second kappa shape index (κ2) is 3.97. The molecule has 0 fully saturated rings. The van der Waals surface area contributed by atoms with Crippen molar-refractivity contribution < 1.29 is 0 Å². The molecule has 0 N–H and O–H groups in total. The van der Waals surface area contributed by atoms with Crippen molar-refractivity contribution in [1.29, 1.82) is 0 Å². The van der Waals surface area contributed by atoms with Crippen LogP contribution in [0.15, 0.2) is 35.2 Å². The predicted octanol–water partition coefficient (Wildman–Crippen LogP) is 2.10. The Morgan fingerprint density at radius 3 is 2.40 bits per heavy atom. The van der Waals surface area contributed by atoms with Crippen molar-refractivity contribution in [2.45, 2.75) is 11.8 Å². The Balaban J connectivity index is 2.67. The van der Waals surface area contributed by atoms with Gasteiger partial charge >= 0.3 is 73.2 Å². The third kappa shape index (κ3) is 2.70. The van der Waals surface area contributed by atoms with Crippen LogP contribution in [0.5, 0.6) is 0 Å². The summed E-state index contributed by atoms with van der Waals surface area (Å²) in [5.41, 5.74) is 0. The average Bonchev–Trinajstić information content (AvgIpc) is 1.88. The van der Waals surface area contributed by atoms with Crippen molar-refractivity contribution in [3.63, 3.8) is 0 Å². The van der Waals surface area contributed by atoms with Gasteiger partial charge in [0, 0.05) is 0 Å². The maximum absolute atomic E-state index is 2.97. The predicted molar refractivity (Wildman–Crippen MR) is 48.7 cm³/mol. The van der Waals surface area contributed by atoms with Crippen molar-refractivity contribution in [2.24, 2.45) is 0 Å². The summed E-state index contributed by atoms with van der Waals surface area (Å²) in [5, 5.41) is 0. The molecule has 0 amide bonds. The summed E-state index contributed by atoms with van der Waals surface area (Å²) in [6.07, 6.45) is 0. The van der Waals surface area contributed by atoms with E-state index in [-0.39, 0.29) is 0 Å². The third-order valence-corrected chi connectivity index (χ3v) is 2.32. The van der Waals surface area contributed by atoms with E-state index in [2.05, 4.69) is 34.6 Å². The first-order valence-corrected chi connectivity index (χ1v) is 4.70. The van der Waals surface area contributed by atoms with Crippen LogP contribution in [0.4, 0.5) is 0 Å². The van der Waals surface area contributed by atoms with Gasteiger partial charge in [0.1, 0.15) is 0 Å². The van der Waals surface area contributed by atoms with E-state index >= 15 is 0 Å². The fraction of sp³-hybridized carbons (Fsp3) is 0.125. The summed E-state index contributed by atoms with van der Waals surface area (Å²) in [4.78, 5) is 1.29. The van der Waals surface area contributed by atoms with Gasteiger partial charge in [-0.3, -0.25) is 0 Å². The van der Waals surface area contributed by atoms with Gasteiger partial charge < -0.3 is 0 Å². The van der Waals surface area contributed by atoms with E-state index in [0.29, 0.717) is 0 Å². The van der Waals surface area contributed by atoms with Crippen molar-refractivity contribution in [1.82, 2.24) is 0 Å². The minimum absolute atomic E-state index is 1.26. The van der Waals surface area contributed by atoms with Gasteiger partial charge in [-0.05, 0) is 0 Å². The molecule has 0 aliphatic carbocycles. The van der Waals surface area contributed by atoms with Gasteiger partial charge in [0.2, 0.25) is 0 Å². The zero-order valence-corrected chi connectivity index (χ0v) is 8.23. The van der Waals surface area contributed by atoms with Gasteiger partial charge in [-0.15, -0.1) is 0 Å². The summed E-state index contributed by atoms with van der Waals surface area (Å²) in [6.45, 7) is 2.07. The number of hydrogen-bond donors (Lipinski definition) is 0. The average molecular weight is 215 g/mol. The van der Waals surface area contributed by atoms with Crippen LogP contribution in [0.25, 0.3) is 0 Å². The van der Waals surface area contributed by atoms with Crippen LogP contribution >= 0.6 is 11.8 Å². The Kier molecular flexibility index (Phi) is 3.20. The van der Waals surface area contributed by atoms with Crippen molar-refractivity contribution in [3.05, 3.63) is 30.3 Å². The van der Waals surface area contributed by atoms with E-state index in [0.717, 1.165) is 0 Å². The fourth-order valence-electron chi connectivity index (χ4n) is 0.655. The summed E-state index contributed by atoms with van der Waals surface area (Å²) in [7, 11) is 0. The molecule has 0 saturated carbocycles. The molecule has 0 atom stereocenters. The molecule has 0 radical (unpaired) electrons. The molecular weight excluding hydrogens is 207 g/mol. The van der Waals surface area contributed by atoms with Gasteiger partial charge in [-0.25, -0.2) is 0 Å². The van der Waals surface area contributed by atoms with E-state index < -0.39 is 0 Å². The molecule has 1 aromatic carbocycles. The van der Waals surface area contributed by atoms with Gasteiger partial charge in [-0.2, -0.15) is 0 Å². The topological polar surface area (TPSA) is 0 Å². The van der Waals surface area contributed by atoms with Crippen molar-refractivity contribution in [3.8, 4) is 0 Å². The van der Waals surface area contributed by atoms with Gasteiger partial charge in [0.15, 0.2) is 0 Å². The molecule has 1 aromatic rings. The van der Waals surface area contributed by atoms with E-state index in [9.17, 15) is 0 Å². The molecule has 0 aliphatic heterocycles. The van der Waals surface area contributed by atoms with E-state index in [1.165, 1.54) is 8.65 Å². The molecule has 0 nitrogen and oxygen atoms in total. The van der Waals surface area contributed by atoms with Crippen LogP contribution in [0, 0.1) is 0 Å². The van der Waals surface area contributed by atoms with Crippen LogP contribution < -0.4 is 0 Å². The molecule has 0 aliphatic rings. The number of thioether (sulfide) groups is 1. The third-order valence-electron chi connectivity index (χ3n) is 1.00. The van der Waals surface area contributed by atoms with Gasteiger partial charge in [-0.1, -0.05) is 0 Å². The summed E-state index contributed by atoms with van der Waals surface area (Å²) >= 11 is 4.73. The van der Waals surface area contributed by atoms with Crippen LogP contribution in [-0.2, 0) is 0 Å². The molecular formula is C8H8SSe. The van der Waals surface area contributed by atoms with Crippen LogP contribution in [0.3, 0.4) is 0 Å². The number of hydrogen-bond acceptors (Lipinski definition) is 1. The number of rotatable bonds is 2. The van der Waals surface area contributed by atoms with Crippen molar-refractivity contribution in [2.75, 3.05) is 0 Å². The molecule has 1 rings (SSSR count). The quantitative estimate of drug-likeness (QED) is 0.537. The molecule has 0 saturated heterocycles. The molecule has 0 unspecified atom stereocenters. The molecule has 0 spiro atoms. The molecule has 0 aromatic heterocycles. The Morgan fingerprint density at radius 1 is 1.30 bits per heavy atom. The van der Waals surface area contributed by atoms with Gasteiger partial charge in [0.25, 0.3) is 0 Å². The minimum atomic E-state index is 1.26. The van der Waals surface area contributed by atoms with E-state index in [1.54, 1.807) is 11.8 Å². The zero-order valence-electron chi connectivity index (χ0n) is 5.70. The monoisotopic (exact) mass is 216 g/mol. The van der Waals surface area contributed by atoms with Crippen molar-refractivity contribution >= 4 is 31.1 Å². The standard InChI is InChI=1S/C8H8SSe/c1-7(10)9-8-5-3-2-4-6-8/h2-6H,1H3. The second-order valence-electron chi connectivity index (χ2n) is 1.91. The number of benzene rings is 1. The van der Waals surface area contributed by atoms with E-state index in [4.69, 9.17) is 0 Å². The van der Waals surface area contributed by atoms with Crippen LogP contribution in [-0.4, -0.2) is 19.3 Å². The maximum atomic E-state index is 2.97. The Bertz CT molecular complexity index is 218. The zero-order chi connectivity index (χ0) is 7.40. The van der Waals surface area contributed by atoms with Crippen LogP contribution in [0.1, 0.15) is 6.92 Å². The van der Waals surface area contributed by atoms with E-state index in [1.807, 2.05) is 18.2 Å². The van der Waals surface area contributed by atoms with Gasteiger partial charge in [0.05, 0.1) is 0 Å². The molecule has 10 heavy (non-hydrogen) atoms.